The van der Waals surface area contributed by atoms with E-state index in [2.05, 4.69) is 4.98 Å². The molecule has 0 atom stereocenters. The maximum absolute atomic E-state index is 9.87. The van der Waals surface area contributed by atoms with Gasteiger partial charge in [0, 0.05) is 5.39 Å². The average molecular weight is 242 g/mol. The van der Waals surface area contributed by atoms with Crippen molar-refractivity contribution >= 4 is 10.9 Å². The van der Waals surface area contributed by atoms with Crippen LogP contribution in [0.5, 0.6) is 5.75 Å². The van der Waals surface area contributed by atoms with Crippen LogP contribution in [0.1, 0.15) is 37.8 Å². The molecule has 0 radical (unpaired) electrons. The maximum Gasteiger partial charge on any atom is 0.141 e. The number of rotatable bonds is 1. The van der Waals surface area contributed by atoms with Crippen molar-refractivity contribution in [1.82, 2.24) is 4.98 Å². The van der Waals surface area contributed by atoms with E-state index in [4.69, 9.17) is 5.73 Å². The number of fused-ring (bicyclic) bond motifs is 1. The highest BCUT2D eigenvalue weighted by Gasteiger charge is 2.30. The molecule has 0 aliphatic heterocycles. The molecule has 0 spiro atoms. The lowest BCUT2D eigenvalue weighted by Gasteiger charge is -2.33. The Morgan fingerprint density at radius 3 is 2.61 bits per heavy atom. The van der Waals surface area contributed by atoms with Crippen LogP contribution in [-0.4, -0.2) is 10.1 Å². The van der Waals surface area contributed by atoms with Crippen LogP contribution in [0.3, 0.4) is 0 Å². The number of benzene rings is 1. The van der Waals surface area contributed by atoms with E-state index in [0.717, 1.165) is 36.8 Å². The topological polar surface area (TPSA) is 59.1 Å². The van der Waals surface area contributed by atoms with E-state index in [1.807, 2.05) is 24.3 Å². The Labute approximate surface area is 107 Å². The van der Waals surface area contributed by atoms with Gasteiger partial charge in [0.1, 0.15) is 11.3 Å². The fourth-order valence-electron chi connectivity index (χ4n) is 2.85. The van der Waals surface area contributed by atoms with Crippen molar-refractivity contribution in [3.05, 3.63) is 36.0 Å². The zero-order valence-corrected chi connectivity index (χ0v) is 10.4. The summed E-state index contributed by atoms with van der Waals surface area (Å²) in [5.74, 6) is 0.230. The van der Waals surface area contributed by atoms with Crippen LogP contribution in [0.2, 0.25) is 0 Å². The van der Waals surface area contributed by atoms with Gasteiger partial charge in [-0.1, -0.05) is 37.5 Å². The summed E-state index contributed by atoms with van der Waals surface area (Å²) in [6.07, 6.45) is 5.56. The van der Waals surface area contributed by atoms with Crippen molar-refractivity contribution in [2.45, 2.75) is 37.6 Å². The fraction of sp³-hybridized carbons (Fsp3) is 0.400. The Balaban J connectivity index is 2.10. The summed E-state index contributed by atoms with van der Waals surface area (Å²) < 4.78 is 0. The molecule has 1 saturated carbocycles. The normalized spacial score (nSPS) is 18.9. The summed E-state index contributed by atoms with van der Waals surface area (Å²) in [6, 6.07) is 9.46. The standard InChI is InChI=1S/C15H18N2O/c16-15(9-2-1-3-10-15)13-8-7-11-5-4-6-12(18)14(11)17-13/h4-8,18H,1-3,9-10,16H2. The first-order chi connectivity index (χ1) is 8.69. The first-order valence-corrected chi connectivity index (χ1v) is 6.57. The Bertz CT molecular complexity index is 574. The fourth-order valence-corrected chi connectivity index (χ4v) is 2.85. The molecule has 2 aromatic rings. The third-order valence-corrected chi connectivity index (χ3v) is 3.95. The van der Waals surface area contributed by atoms with Gasteiger partial charge in [0.05, 0.1) is 11.2 Å². The number of pyridine rings is 1. The summed E-state index contributed by atoms with van der Waals surface area (Å²) in [7, 11) is 0. The van der Waals surface area contributed by atoms with Crippen molar-refractivity contribution in [2.24, 2.45) is 5.73 Å². The molecule has 1 heterocycles. The van der Waals surface area contributed by atoms with E-state index in [1.54, 1.807) is 6.07 Å². The highest BCUT2D eigenvalue weighted by atomic mass is 16.3. The molecule has 3 N–H and O–H groups in total. The molecule has 1 aliphatic carbocycles. The third kappa shape index (κ3) is 1.85. The van der Waals surface area contributed by atoms with Crippen molar-refractivity contribution in [1.29, 1.82) is 0 Å². The zero-order valence-electron chi connectivity index (χ0n) is 10.4. The number of hydrogen-bond acceptors (Lipinski definition) is 3. The van der Waals surface area contributed by atoms with E-state index in [-0.39, 0.29) is 11.3 Å². The number of hydrogen-bond donors (Lipinski definition) is 2. The minimum atomic E-state index is -0.311. The van der Waals surface area contributed by atoms with Gasteiger partial charge in [0.2, 0.25) is 0 Å². The van der Waals surface area contributed by atoms with Gasteiger partial charge in [-0.2, -0.15) is 0 Å². The van der Waals surface area contributed by atoms with Crippen LogP contribution in [0.15, 0.2) is 30.3 Å². The molecule has 1 fully saturated rings. The van der Waals surface area contributed by atoms with Crippen LogP contribution in [-0.2, 0) is 5.54 Å². The second kappa shape index (κ2) is 4.25. The van der Waals surface area contributed by atoms with E-state index in [0.29, 0.717) is 5.52 Å². The van der Waals surface area contributed by atoms with Crippen LogP contribution in [0, 0.1) is 0 Å². The van der Waals surface area contributed by atoms with Gasteiger partial charge >= 0.3 is 0 Å². The Hall–Kier alpha value is -1.61. The second-order valence-electron chi connectivity index (χ2n) is 5.26. The SMILES string of the molecule is NC1(c2ccc3cccc(O)c3n2)CCCCC1. The molecule has 3 heteroatoms. The number of nitrogens with two attached hydrogens (primary N) is 1. The molecule has 0 saturated heterocycles. The lowest BCUT2D eigenvalue weighted by atomic mass is 9.80. The van der Waals surface area contributed by atoms with Crippen LogP contribution in [0.4, 0.5) is 0 Å². The maximum atomic E-state index is 9.87. The molecule has 3 rings (SSSR count). The highest BCUT2D eigenvalue weighted by Crippen LogP contribution is 2.35. The van der Waals surface area contributed by atoms with Crippen LogP contribution in [0.25, 0.3) is 10.9 Å². The van der Waals surface area contributed by atoms with Gasteiger partial charge < -0.3 is 10.8 Å². The van der Waals surface area contributed by atoms with E-state index in [9.17, 15) is 5.11 Å². The first kappa shape index (κ1) is 11.5. The summed E-state index contributed by atoms with van der Waals surface area (Å²) in [4.78, 5) is 4.60. The van der Waals surface area contributed by atoms with Gasteiger partial charge in [-0.25, -0.2) is 4.98 Å². The van der Waals surface area contributed by atoms with Crippen molar-refractivity contribution in [3.8, 4) is 5.75 Å². The summed E-state index contributed by atoms with van der Waals surface area (Å²) >= 11 is 0. The quantitative estimate of drug-likeness (QED) is 0.808. The number of para-hydroxylation sites is 1. The van der Waals surface area contributed by atoms with E-state index < -0.39 is 0 Å². The lowest BCUT2D eigenvalue weighted by Crippen LogP contribution is -2.39. The number of aromatic hydroxyl groups is 1. The van der Waals surface area contributed by atoms with Gasteiger partial charge in [0.15, 0.2) is 0 Å². The number of aromatic nitrogens is 1. The largest absolute Gasteiger partial charge is 0.506 e. The molecule has 0 unspecified atom stereocenters. The number of phenolic OH excluding ortho intramolecular Hbond substituents is 1. The lowest BCUT2D eigenvalue weighted by molar-refractivity contribution is 0.295. The smallest absolute Gasteiger partial charge is 0.141 e. The summed E-state index contributed by atoms with van der Waals surface area (Å²) in [6.45, 7) is 0. The molecule has 0 bridgehead atoms. The van der Waals surface area contributed by atoms with Gasteiger partial charge in [-0.05, 0) is 25.0 Å². The summed E-state index contributed by atoms with van der Waals surface area (Å²) in [5.41, 5.74) is 7.74. The van der Waals surface area contributed by atoms with Crippen molar-refractivity contribution in [2.75, 3.05) is 0 Å². The minimum absolute atomic E-state index is 0.230. The zero-order chi connectivity index (χ0) is 12.6. The molecule has 94 valence electrons. The first-order valence-electron chi connectivity index (χ1n) is 6.57. The van der Waals surface area contributed by atoms with E-state index in [1.165, 1.54) is 6.42 Å². The molecule has 1 aliphatic rings. The Morgan fingerprint density at radius 2 is 1.83 bits per heavy atom. The van der Waals surface area contributed by atoms with Crippen LogP contribution >= 0.6 is 0 Å². The molecular formula is C15H18N2O. The predicted molar refractivity (Wildman–Crippen MR) is 72.4 cm³/mol. The van der Waals surface area contributed by atoms with Gasteiger partial charge in [0.25, 0.3) is 0 Å². The predicted octanol–water partition coefficient (Wildman–Crippen LogP) is 3.06. The van der Waals surface area contributed by atoms with Crippen molar-refractivity contribution in [3.63, 3.8) is 0 Å². The minimum Gasteiger partial charge on any atom is -0.506 e. The molecule has 18 heavy (non-hydrogen) atoms. The van der Waals surface area contributed by atoms with Gasteiger partial charge in [-0.15, -0.1) is 0 Å². The van der Waals surface area contributed by atoms with Crippen LogP contribution < -0.4 is 5.73 Å². The Kier molecular flexibility index (Phi) is 2.71. The van der Waals surface area contributed by atoms with Gasteiger partial charge in [-0.3, -0.25) is 0 Å². The second-order valence-corrected chi connectivity index (χ2v) is 5.26. The highest BCUT2D eigenvalue weighted by molar-refractivity contribution is 5.84. The molecule has 1 aromatic heterocycles. The average Bonchev–Trinajstić information content (AvgIpc) is 2.40. The Morgan fingerprint density at radius 1 is 1.06 bits per heavy atom. The number of nitrogens with zero attached hydrogens (tertiary/aromatic N) is 1. The molecule has 3 nitrogen and oxygen atoms in total. The molecule has 0 amide bonds. The third-order valence-electron chi connectivity index (χ3n) is 3.95. The summed E-state index contributed by atoms with van der Waals surface area (Å²) in [5, 5.41) is 10.8. The monoisotopic (exact) mass is 242 g/mol. The van der Waals surface area contributed by atoms with Crippen molar-refractivity contribution < 1.29 is 5.11 Å². The molecular weight excluding hydrogens is 224 g/mol. The van der Waals surface area contributed by atoms with E-state index >= 15 is 0 Å². The molecule has 1 aromatic carbocycles. The number of phenols is 1.